The Bertz CT molecular complexity index is 1330. The number of anilines is 2. The predicted octanol–water partition coefficient (Wildman–Crippen LogP) is 4.75. The fourth-order valence-electron chi connectivity index (χ4n) is 7.17. The lowest BCUT2D eigenvalue weighted by Crippen LogP contribution is -2.57. The minimum Gasteiger partial charge on any atom is -0.326 e. The maximum absolute atomic E-state index is 13.7. The molecule has 180 valence electrons. The molecule has 8 heteroatoms. The van der Waals surface area contributed by atoms with Gasteiger partial charge in [0.1, 0.15) is 0 Å². The summed E-state index contributed by atoms with van der Waals surface area (Å²) in [5.74, 6) is 1.25. The number of aromatic nitrogens is 2. The molecule has 0 radical (unpaired) electrons. The van der Waals surface area contributed by atoms with Crippen molar-refractivity contribution in [2.45, 2.75) is 48.8 Å². The van der Waals surface area contributed by atoms with Gasteiger partial charge in [-0.25, -0.2) is 23.1 Å². The maximum Gasteiger partial charge on any atom is 0.264 e. The highest BCUT2D eigenvalue weighted by Crippen LogP contribution is 2.65. The lowest BCUT2D eigenvalue weighted by Gasteiger charge is -2.61. The average Bonchev–Trinajstić information content (AvgIpc) is 2.84. The number of hydrogen-bond donors (Lipinski definition) is 2. The van der Waals surface area contributed by atoms with Crippen molar-refractivity contribution >= 4 is 27.6 Å². The number of sulfonamides is 1. The Morgan fingerprint density at radius 1 is 0.857 bits per heavy atom. The predicted molar refractivity (Wildman–Crippen MR) is 133 cm³/mol. The molecule has 4 bridgehead atoms. The van der Waals surface area contributed by atoms with E-state index in [1.807, 2.05) is 0 Å². The molecule has 7 nitrogen and oxygen atoms in total. The van der Waals surface area contributed by atoms with E-state index >= 15 is 0 Å². The number of nitrogens with one attached hydrogen (secondary N) is 2. The van der Waals surface area contributed by atoms with Crippen molar-refractivity contribution in [3.8, 4) is 0 Å². The maximum atomic E-state index is 13.7. The van der Waals surface area contributed by atoms with Crippen molar-refractivity contribution in [3.63, 3.8) is 0 Å². The summed E-state index contributed by atoms with van der Waals surface area (Å²) in [6.07, 6.45) is 9.28. The zero-order valence-electron chi connectivity index (χ0n) is 19.4. The van der Waals surface area contributed by atoms with Crippen LogP contribution in [0.5, 0.6) is 0 Å². The normalized spacial score (nSPS) is 29.0. The molecular formula is C27H28N4O3S. The van der Waals surface area contributed by atoms with Crippen molar-refractivity contribution in [1.82, 2.24) is 9.97 Å². The highest BCUT2D eigenvalue weighted by Gasteiger charge is 2.60. The molecule has 0 spiro atoms. The first-order chi connectivity index (χ1) is 16.9. The van der Waals surface area contributed by atoms with E-state index in [0.717, 1.165) is 19.3 Å². The van der Waals surface area contributed by atoms with Crippen molar-refractivity contribution in [2.24, 2.45) is 17.3 Å². The SMILES string of the molecule is O=C(Nc1ccc(S(=O)(=O)Nc2ncccn2)cc1)C12CC3CC(C1)CC(c1ccccc1)(C3)C2. The number of nitrogens with zero attached hydrogens (tertiary/aromatic N) is 2. The van der Waals surface area contributed by atoms with Crippen molar-refractivity contribution in [2.75, 3.05) is 10.0 Å². The van der Waals surface area contributed by atoms with Crippen LogP contribution in [0.1, 0.15) is 44.1 Å². The summed E-state index contributed by atoms with van der Waals surface area (Å²) >= 11 is 0. The zero-order valence-corrected chi connectivity index (χ0v) is 20.2. The van der Waals surface area contributed by atoms with Crippen LogP contribution in [0.2, 0.25) is 0 Å². The first-order valence-electron chi connectivity index (χ1n) is 12.1. The molecule has 2 unspecified atom stereocenters. The Morgan fingerprint density at radius 3 is 2.17 bits per heavy atom. The van der Waals surface area contributed by atoms with E-state index in [-0.39, 0.29) is 27.6 Å². The molecule has 4 aliphatic rings. The second-order valence-corrected chi connectivity index (χ2v) is 12.2. The fraction of sp³-hybridized carbons (Fsp3) is 0.370. The van der Waals surface area contributed by atoms with Gasteiger partial charge in [0.25, 0.3) is 10.0 Å². The van der Waals surface area contributed by atoms with Crippen molar-refractivity contribution in [1.29, 1.82) is 0 Å². The van der Waals surface area contributed by atoms with Crippen LogP contribution in [0.25, 0.3) is 0 Å². The summed E-state index contributed by atoms with van der Waals surface area (Å²) in [5, 5.41) is 3.12. The average molecular weight is 489 g/mol. The highest BCUT2D eigenvalue weighted by atomic mass is 32.2. The summed E-state index contributed by atoms with van der Waals surface area (Å²) in [6, 6.07) is 18.6. The molecule has 2 atom stereocenters. The molecule has 1 amide bonds. The van der Waals surface area contributed by atoms with Gasteiger partial charge in [0.2, 0.25) is 11.9 Å². The van der Waals surface area contributed by atoms with Crippen LogP contribution in [0, 0.1) is 17.3 Å². The Morgan fingerprint density at radius 2 is 1.51 bits per heavy atom. The van der Waals surface area contributed by atoms with Crippen LogP contribution in [-0.2, 0) is 20.2 Å². The second-order valence-electron chi connectivity index (χ2n) is 10.5. The molecule has 35 heavy (non-hydrogen) atoms. The van der Waals surface area contributed by atoms with E-state index in [1.54, 1.807) is 18.2 Å². The molecule has 4 aliphatic carbocycles. The van der Waals surface area contributed by atoms with Crippen LogP contribution >= 0.6 is 0 Å². The van der Waals surface area contributed by atoms with Gasteiger partial charge in [-0.1, -0.05) is 30.3 Å². The minimum atomic E-state index is -3.82. The molecule has 0 saturated heterocycles. The van der Waals surface area contributed by atoms with E-state index in [2.05, 4.69) is 50.3 Å². The first kappa shape index (κ1) is 22.2. The van der Waals surface area contributed by atoms with Crippen LogP contribution < -0.4 is 10.0 Å². The Hall–Kier alpha value is -3.26. The van der Waals surface area contributed by atoms with E-state index in [0.29, 0.717) is 17.5 Å². The number of hydrogen-bond acceptors (Lipinski definition) is 5. The number of carbonyl (C=O) groups is 1. The molecule has 7 rings (SSSR count). The van der Waals surface area contributed by atoms with E-state index in [4.69, 9.17) is 0 Å². The number of rotatable bonds is 6. The van der Waals surface area contributed by atoms with Gasteiger partial charge in [0.05, 0.1) is 10.3 Å². The first-order valence-corrected chi connectivity index (χ1v) is 13.6. The van der Waals surface area contributed by atoms with E-state index in [1.165, 1.54) is 49.4 Å². The van der Waals surface area contributed by atoms with Gasteiger partial charge < -0.3 is 5.32 Å². The van der Waals surface area contributed by atoms with Crippen LogP contribution in [0.3, 0.4) is 0 Å². The lowest BCUT2D eigenvalue weighted by atomic mass is 9.42. The summed E-state index contributed by atoms with van der Waals surface area (Å²) in [6.45, 7) is 0. The quantitative estimate of drug-likeness (QED) is 0.521. The van der Waals surface area contributed by atoms with Crippen LogP contribution in [-0.4, -0.2) is 24.3 Å². The Kier molecular flexibility index (Phi) is 5.18. The van der Waals surface area contributed by atoms with Gasteiger partial charge in [0.15, 0.2) is 0 Å². The van der Waals surface area contributed by atoms with E-state index < -0.39 is 10.0 Å². The third-order valence-electron chi connectivity index (χ3n) is 8.14. The number of amides is 1. The molecule has 2 aromatic carbocycles. The van der Waals surface area contributed by atoms with Crippen LogP contribution in [0.15, 0.2) is 78.0 Å². The molecule has 3 aromatic rings. The zero-order chi connectivity index (χ0) is 24.1. The van der Waals surface area contributed by atoms with Crippen LogP contribution in [0.4, 0.5) is 11.6 Å². The van der Waals surface area contributed by atoms with Gasteiger partial charge in [0, 0.05) is 18.1 Å². The molecule has 1 heterocycles. The van der Waals surface area contributed by atoms with Crippen molar-refractivity contribution < 1.29 is 13.2 Å². The van der Waals surface area contributed by atoms with Gasteiger partial charge >= 0.3 is 0 Å². The topological polar surface area (TPSA) is 101 Å². The number of benzene rings is 2. The van der Waals surface area contributed by atoms with Crippen molar-refractivity contribution in [3.05, 3.63) is 78.6 Å². The summed E-state index contributed by atoms with van der Waals surface area (Å²) in [4.78, 5) is 21.6. The molecule has 0 aliphatic heterocycles. The molecule has 4 fully saturated rings. The summed E-state index contributed by atoms with van der Waals surface area (Å²) in [5.41, 5.74) is 1.70. The molecular weight excluding hydrogens is 460 g/mol. The van der Waals surface area contributed by atoms with Gasteiger partial charge in [-0.3, -0.25) is 4.79 Å². The van der Waals surface area contributed by atoms with Gasteiger partial charge in [-0.2, -0.15) is 0 Å². The monoisotopic (exact) mass is 488 g/mol. The minimum absolute atomic E-state index is 0.0130. The largest absolute Gasteiger partial charge is 0.326 e. The van der Waals surface area contributed by atoms with E-state index in [9.17, 15) is 13.2 Å². The third-order valence-corrected chi connectivity index (χ3v) is 9.49. The summed E-state index contributed by atoms with van der Waals surface area (Å²) in [7, 11) is -3.82. The second kappa shape index (κ2) is 8.16. The van der Waals surface area contributed by atoms with Gasteiger partial charge in [-0.15, -0.1) is 0 Å². The standard InChI is InChI=1S/C27H28N4O3S/c32-24(30-22-7-9-23(10-8-22)35(33,34)31-25-28-11-4-12-29-25)27-16-19-13-20(17-27)15-26(14-19,18-27)21-5-2-1-3-6-21/h1-12,19-20H,13-18H2,(H,30,32)(H,28,29,31). The highest BCUT2D eigenvalue weighted by molar-refractivity contribution is 7.92. The smallest absolute Gasteiger partial charge is 0.264 e. The van der Waals surface area contributed by atoms with Gasteiger partial charge in [-0.05, 0) is 91.7 Å². The Labute approximate surface area is 205 Å². The molecule has 4 saturated carbocycles. The number of carbonyl (C=O) groups excluding carboxylic acids is 1. The lowest BCUT2D eigenvalue weighted by molar-refractivity contribution is -0.143. The third kappa shape index (κ3) is 3.99. The Balaban J connectivity index is 1.21. The molecule has 1 aromatic heterocycles. The molecule has 2 N–H and O–H groups in total. The fourth-order valence-corrected chi connectivity index (χ4v) is 8.13. The summed E-state index contributed by atoms with van der Waals surface area (Å²) < 4.78 is 27.7.